The van der Waals surface area contributed by atoms with Crippen LogP contribution in [-0.2, 0) is 13.0 Å². The first-order chi connectivity index (χ1) is 12.3. The van der Waals surface area contributed by atoms with Crippen LogP contribution in [0.4, 0.5) is 5.82 Å². The van der Waals surface area contributed by atoms with Crippen molar-refractivity contribution in [1.29, 1.82) is 0 Å². The number of hydrogen-bond donors (Lipinski definition) is 0. The zero-order valence-corrected chi connectivity index (χ0v) is 14.4. The normalized spacial score (nSPS) is 10.4. The van der Waals surface area contributed by atoms with Gasteiger partial charge in [-0.05, 0) is 29.7 Å². The van der Waals surface area contributed by atoms with Gasteiger partial charge in [0.1, 0.15) is 5.82 Å². The zero-order chi connectivity index (χ0) is 17.5. The van der Waals surface area contributed by atoms with Gasteiger partial charge in [-0.3, -0.25) is 4.79 Å². The maximum atomic E-state index is 12.7. The molecule has 3 nitrogen and oxygen atoms in total. The van der Waals surface area contributed by atoms with Crippen molar-refractivity contribution in [2.24, 2.45) is 0 Å². The molecule has 0 saturated carbocycles. The Hall–Kier alpha value is -2.94. The predicted octanol–water partition coefficient (Wildman–Crippen LogP) is 4.53. The highest BCUT2D eigenvalue weighted by atomic mass is 16.1. The third-order valence-corrected chi connectivity index (χ3v) is 4.21. The van der Waals surface area contributed by atoms with Crippen LogP contribution in [0.2, 0.25) is 0 Å². The number of pyridine rings is 1. The Morgan fingerprint density at radius 1 is 0.880 bits per heavy atom. The number of aryl methyl sites for hydroxylation is 1. The first-order valence-electron chi connectivity index (χ1n) is 8.58. The fourth-order valence-electron chi connectivity index (χ4n) is 2.75. The summed E-state index contributed by atoms with van der Waals surface area (Å²) in [5.74, 6) is 0.911. The maximum Gasteiger partial charge on any atom is 0.182 e. The van der Waals surface area contributed by atoms with Crippen molar-refractivity contribution >= 4 is 11.6 Å². The van der Waals surface area contributed by atoms with Gasteiger partial charge >= 0.3 is 0 Å². The highest BCUT2D eigenvalue weighted by Gasteiger charge is 2.14. The second-order valence-corrected chi connectivity index (χ2v) is 6.00. The molecule has 1 aromatic heterocycles. The molecule has 0 aliphatic heterocycles. The number of hydrogen-bond acceptors (Lipinski definition) is 3. The van der Waals surface area contributed by atoms with E-state index in [1.807, 2.05) is 65.6 Å². The van der Waals surface area contributed by atoms with E-state index in [1.165, 1.54) is 5.56 Å². The number of Topliss-reactive ketones (excluding diaryl/α,β-unsaturated/α-hetero) is 1. The van der Waals surface area contributed by atoms with Crippen molar-refractivity contribution in [1.82, 2.24) is 4.98 Å². The third kappa shape index (κ3) is 4.54. The third-order valence-electron chi connectivity index (χ3n) is 4.21. The Morgan fingerprint density at radius 3 is 2.24 bits per heavy atom. The molecule has 3 heteroatoms. The van der Waals surface area contributed by atoms with Crippen LogP contribution in [0.1, 0.15) is 28.4 Å². The monoisotopic (exact) mass is 330 g/mol. The van der Waals surface area contributed by atoms with E-state index in [9.17, 15) is 4.79 Å². The first-order valence-corrected chi connectivity index (χ1v) is 8.58. The first kappa shape index (κ1) is 16.9. The molecule has 3 rings (SSSR count). The van der Waals surface area contributed by atoms with Crippen LogP contribution in [-0.4, -0.2) is 17.3 Å². The summed E-state index contributed by atoms with van der Waals surface area (Å²) < 4.78 is 0. The number of carbonyl (C=O) groups is 1. The number of nitrogens with zero attached hydrogens (tertiary/aromatic N) is 2. The van der Waals surface area contributed by atoms with Gasteiger partial charge in [-0.15, -0.1) is 0 Å². The van der Waals surface area contributed by atoms with E-state index in [2.05, 4.69) is 24.0 Å². The van der Waals surface area contributed by atoms with Gasteiger partial charge in [-0.1, -0.05) is 67.6 Å². The maximum absolute atomic E-state index is 12.7. The summed E-state index contributed by atoms with van der Waals surface area (Å²) in [5, 5.41) is 0. The molecule has 2 aromatic carbocycles. The number of ketones is 1. The second kappa shape index (κ2) is 8.25. The molecule has 0 amide bonds. The molecule has 0 aliphatic rings. The smallest absolute Gasteiger partial charge is 0.182 e. The number of carbonyl (C=O) groups excluding carboxylic acids is 1. The average Bonchev–Trinajstić information content (AvgIpc) is 2.69. The molecule has 1 heterocycles. The van der Waals surface area contributed by atoms with E-state index in [1.54, 1.807) is 6.20 Å². The van der Waals surface area contributed by atoms with Crippen molar-refractivity contribution in [2.75, 3.05) is 11.4 Å². The standard InChI is InChI=1S/C22H22N2O/c1-2-18-11-13-20(14-12-18)21(25)17-24(22-10-6-7-15-23-22)16-19-8-4-3-5-9-19/h3-15H,2,16-17H2,1H3. The number of aromatic nitrogens is 1. The Labute approximate surface area is 149 Å². The predicted molar refractivity (Wildman–Crippen MR) is 102 cm³/mol. The van der Waals surface area contributed by atoms with Crippen molar-refractivity contribution < 1.29 is 4.79 Å². The van der Waals surface area contributed by atoms with Crippen molar-refractivity contribution in [2.45, 2.75) is 19.9 Å². The van der Waals surface area contributed by atoms with Crippen LogP contribution in [0.15, 0.2) is 79.0 Å². The second-order valence-electron chi connectivity index (χ2n) is 6.00. The van der Waals surface area contributed by atoms with E-state index in [-0.39, 0.29) is 5.78 Å². The van der Waals surface area contributed by atoms with E-state index in [0.29, 0.717) is 13.1 Å². The molecular weight excluding hydrogens is 308 g/mol. The van der Waals surface area contributed by atoms with Crippen LogP contribution in [0, 0.1) is 0 Å². The summed E-state index contributed by atoms with van der Waals surface area (Å²) in [5.41, 5.74) is 3.14. The summed E-state index contributed by atoms with van der Waals surface area (Å²) in [6, 6.07) is 23.8. The van der Waals surface area contributed by atoms with E-state index in [4.69, 9.17) is 0 Å². The number of anilines is 1. The largest absolute Gasteiger partial charge is 0.345 e. The summed E-state index contributed by atoms with van der Waals surface area (Å²) in [7, 11) is 0. The molecule has 0 aliphatic carbocycles. The average molecular weight is 330 g/mol. The molecule has 126 valence electrons. The van der Waals surface area contributed by atoms with Gasteiger partial charge in [0.2, 0.25) is 0 Å². The van der Waals surface area contributed by atoms with Crippen LogP contribution in [0.25, 0.3) is 0 Å². The van der Waals surface area contributed by atoms with E-state index < -0.39 is 0 Å². The topological polar surface area (TPSA) is 33.2 Å². The molecule has 0 radical (unpaired) electrons. The summed E-state index contributed by atoms with van der Waals surface area (Å²) in [6.45, 7) is 3.06. The summed E-state index contributed by atoms with van der Waals surface area (Å²) in [4.78, 5) is 19.2. The van der Waals surface area contributed by atoms with Gasteiger partial charge in [-0.2, -0.15) is 0 Å². The molecule has 0 N–H and O–H groups in total. The molecule has 0 unspecified atom stereocenters. The summed E-state index contributed by atoms with van der Waals surface area (Å²) >= 11 is 0. The molecule has 0 fully saturated rings. The van der Waals surface area contributed by atoms with Crippen molar-refractivity contribution in [3.8, 4) is 0 Å². The number of benzene rings is 2. The lowest BCUT2D eigenvalue weighted by Crippen LogP contribution is -2.30. The SMILES string of the molecule is CCc1ccc(C(=O)CN(Cc2ccccc2)c2ccccn2)cc1. The molecule has 0 saturated heterocycles. The lowest BCUT2D eigenvalue weighted by atomic mass is 10.1. The molecule has 0 atom stereocenters. The van der Waals surface area contributed by atoms with Crippen LogP contribution in [0.3, 0.4) is 0 Å². The molecule has 0 spiro atoms. The van der Waals surface area contributed by atoms with Gasteiger partial charge in [-0.25, -0.2) is 4.98 Å². The van der Waals surface area contributed by atoms with Gasteiger partial charge < -0.3 is 4.90 Å². The molecule has 3 aromatic rings. The fraction of sp³-hybridized carbons (Fsp3) is 0.182. The molecule has 0 bridgehead atoms. The van der Waals surface area contributed by atoms with E-state index in [0.717, 1.165) is 23.4 Å². The van der Waals surface area contributed by atoms with Crippen molar-refractivity contribution in [3.05, 3.63) is 95.7 Å². The van der Waals surface area contributed by atoms with Gasteiger partial charge in [0.05, 0.1) is 6.54 Å². The van der Waals surface area contributed by atoms with Crippen LogP contribution >= 0.6 is 0 Å². The minimum Gasteiger partial charge on any atom is -0.345 e. The van der Waals surface area contributed by atoms with Gasteiger partial charge in [0.15, 0.2) is 5.78 Å². The summed E-state index contributed by atoms with van der Waals surface area (Å²) in [6.07, 6.45) is 2.73. The van der Waals surface area contributed by atoms with Crippen LogP contribution < -0.4 is 4.90 Å². The zero-order valence-electron chi connectivity index (χ0n) is 14.4. The number of rotatable bonds is 7. The van der Waals surface area contributed by atoms with Gasteiger partial charge in [0.25, 0.3) is 0 Å². The Balaban J connectivity index is 1.80. The minimum absolute atomic E-state index is 0.101. The van der Waals surface area contributed by atoms with Gasteiger partial charge in [0, 0.05) is 18.3 Å². The Morgan fingerprint density at radius 2 is 1.60 bits per heavy atom. The minimum atomic E-state index is 0.101. The molecular formula is C22H22N2O. The molecule has 25 heavy (non-hydrogen) atoms. The quantitative estimate of drug-likeness (QED) is 0.597. The van der Waals surface area contributed by atoms with Crippen molar-refractivity contribution in [3.63, 3.8) is 0 Å². The van der Waals surface area contributed by atoms with Crippen LogP contribution in [0.5, 0.6) is 0 Å². The Kier molecular flexibility index (Phi) is 5.57. The highest BCUT2D eigenvalue weighted by molar-refractivity contribution is 5.99. The van der Waals surface area contributed by atoms with E-state index >= 15 is 0 Å². The lowest BCUT2D eigenvalue weighted by Gasteiger charge is -2.23. The fourth-order valence-corrected chi connectivity index (χ4v) is 2.75. The lowest BCUT2D eigenvalue weighted by molar-refractivity contribution is 0.0998. The Bertz CT molecular complexity index is 798. The highest BCUT2D eigenvalue weighted by Crippen LogP contribution is 2.15.